The number of rotatable bonds is 6. The lowest BCUT2D eigenvalue weighted by molar-refractivity contribution is -0.384. The third-order valence-electron chi connectivity index (χ3n) is 2.91. The first-order valence-electron chi connectivity index (χ1n) is 6.41. The Kier molecular flexibility index (Phi) is 4.41. The Labute approximate surface area is 116 Å². The van der Waals surface area contributed by atoms with Gasteiger partial charge in [0.1, 0.15) is 5.56 Å². The Balaban J connectivity index is 2.27. The molecule has 1 atom stereocenters. The van der Waals surface area contributed by atoms with Crippen LogP contribution in [0, 0.1) is 10.1 Å². The summed E-state index contributed by atoms with van der Waals surface area (Å²) >= 11 is 0. The highest BCUT2D eigenvalue weighted by molar-refractivity contribution is 5.67. The SMILES string of the molecule is CCNCC(C)c1nc(-c2ccccc2[N+](=O)[O-])no1. The number of hydrogen-bond acceptors (Lipinski definition) is 6. The van der Waals surface area contributed by atoms with Crippen molar-refractivity contribution in [1.82, 2.24) is 15.5 Å². The number of nitrogens with zero attached hydrogens (tertiary/aromatic N) is 3. The van der Waals surface area contributed by atoms with Gasteiger partial charge in [0.2, 0.25) is 11.7 Å². The molecular weight excluding hydrogens is 260 g/mol. The highest BCUT2D eigenvalue weighted by Crippen LogP contribution is 2.28. The van der Waals surface area contributed by atoms with E-state index >= 15 is 0 Å². The summed E-state index contributed by atoms with van der Waals surface area (Å²) in [5.41, 5.74) is 0.335. The first-order chi connectivity index (χ1) is 9.63. The van der Waals surface area contributed by atoms with Crippen LogP contribution < -0.4 is 5.32 Å². The van der Waals surface area contributed by atoms with E-state index in [9.17, 15) is 10.1 Å². The normalized spacial score (nSPS) is 12.3. The third-order valence-corrected chi connectivity index (χ3v) is 2.91. The summed E-state index contributed by atoms with van der Waals surface area (Å²) in [5.74, 6) is 0.772. The van der Waals surface area contributed by atoms with Crippen molar-refractivity contribution in [2.24, 2.45) is 0 Å². The smallest absolute Gasteiger partial charge is 0.280 e. The molecule has 0 saturated heterocycles. The molecule has 1 heterocycles. The minimum absolute atomic E-state index is 0.0285. The van der Waals surface area contributed by atoms with Gasteiger partial charge in [-0.3, -0.25) is 10.1 Å². The van der Waals surface area contributed by atoms with E-state index in [1.54, 1.807) is 18.2 Å². The van der Waals surface area contributed by atoms with Crippen LogP contribution in [0.4, 0.5) is 5.69 Å². The van der Waals surface area contributed by atoms with Crippen molar-refractivity contribution < 1.29 is 9.45 Å². The van der Waals surface area contributed by atoms with Crippen LogP contribution in [0.25, 0.3) is 11.4 Å². The van der Waals surface area contributed by atoms with Gasteiger partial charge in [0.15, 0.2) is 0 Å². The van der Waals surface area contributed by atoms with Gasteiger partial charge in [0, 0.05) is 18.5 Å². The van der Waals surface area contributed by atoms with Gasteiger partial charge >= 0.3 is 0 Å². The molecule has 0 aliphatic rings. The van der Waals surface area contributed by atoms with Crippen molar-refractivity contribution >= 4 is 5.69 Å². The predicted molar refractivity (Wildman–Crippen MR) is 73.3 cm³/mol. The van der Waals surface area contributed by atoms with Gasteiger partial charge in [-0.2, -0.15) is 4.98 Å². The summed E-state index contributed by atoms with van der Waals surface area (Å²) in [5, 5.41) is 18.0. The highest BCUT2D eigenvalue weighted by atomic mass is 16.6. The van der Waals surface area contributed by atoms with Gasteiger partial charge in [-0.25, -0.2) is 0 Å². The fourth-order valence-electron chi connectivity index (χ4n) is 1.81. The van der Waals surface area contributed by atoms with Gasteiger partial charge in [-0.15, -0.1) is 0 Å². The van der Waals surface area contributed by atoms with Crippen LogP contribution in [0.3, 0.4) is 0 Å². The van der Waals surface area contributed by atoms with Crippen molar-refractivity contribution in [1.29, 1.82) is 0 Å². The molecule has 0 amide bonds. The number of para-hydroxylation sites is 1. The molecule has 1 aromatic heterocycles. The van der Waals surface area contributed by atoms with E-state index in [0.717, 1.165) is 13.1 Å². The average Bonchev–Trinajstić information content (AvgIpc) is 2.94. The Morgan fingerprint density at radius 1 is 1.45 bits per heavy atom. The number of nitrogens with one attached hydrogen (secondary N) is 1. The maximum absolute atomic E-state index is 11.0. The maximum Gasteiger partial charge on any atom is 0.280 e. The molecule has 0 aliphatic carbocycles. The molecule has 0 radical (unpaired) electrons. The van der Waals surface area contributed by atoms with Crippen molar-refractivity contribution in [2.45, 2.75) is 19.8 Å². The van der Waals surface area contributed by atoms with Gasteiger partial charge in [-0.1, -0.05) is 31.1 Å². The Bertz CT molecular complexity index is 597. The van der Waals surface area contributed by atoms with E-state index in [1.807, 2.05) is 13.8 Å². The summed E-state index contributed by atoms with van der Waals surface area (Å²) in [4.78, 5) is 14.8. The van der Waals surface area contributed by atoms with Crippen LogP contribution in [0.2, 0.25) is 0 Å². The van der Waals surface area contributed by atoms with Gasteiger partial charge in [0.05, 0.1) is 4.92 Å². The first kappa shape index (κ1) is 14.1. The van der Waals surface area contributed by atoms with Crippen LogP contribution in [-0.4, -0.2) is 28.2 Å². The molecule has 0 saturated carbocycles. The van der Waals surface area contributed by atoms with E-state index in [0.29, 0.717) is 11.5 Å². The van der Waals surface area contributed by atoms with Crippen molar-refractivity contribution in [3.05, 3.63) is 40.3 Å². The van der Waals surface area contributed by atoms with Crippen molar-refractivity contribution in [3.63, 3.8) is 0 Å². The fourth-order valence-corrected chi connectivity index (χ4v) is 1.81. The largest absolute Gasteiger partial charge is 0.339 e. The van der Waals surface area contributed by atoms with Crippen molar-refractivity contribution in [3.8, 4) is 11.4 Å². The minimum atomic E-state index is -0.451. The quantitative estimate of drug-likeness (QED) is 0.643. The molecule has 0 fully saturated rings. The number of nitro groups is 1. The van der Waals surface area contributed by atoms with Crippen LogP contribution >= 0.6 is 0 Å². The summed E-state index contributed by atoms with van der Waals surface area (Å²) < 4.78 is 5.19. The standard InChI is InChI=1S/C13H16N4O3/c1-3-14-8-9(2)13-15-12(16-20-13)10-6-4-5-7-11(10)17(18)19/h4-7,9,14H,3,8H2,1-2H3. The average molecular weight is 276 g/mol. The third kappa shape index (κ3) is 3.00. The molecule has 0 bridgehead atoms. The number of hydrogen-bond donors (Lipinski definition) is 1. The van der Waals surface area contributed by atoms with Crippen LogP contribution in [0.1, 0.15) is 25.7 Å². The van der Waals surface area contributed by atoms with Gasteiger partial charge < -0.3 is 9.84 Å². The first-order valence-corrected chi connectivity index (χ1v) is 6.41. The molecule has 2 rings (SSSR count). The second-order valence-electron chi connectivity index (χ2n) is 4.44. The van der Waals surface area contributed by atoms with E-state index < -0.39 is 4.92 Å². The van der Waals surface area contributed by atoms with Gasteiger partial charge in [-0.05, 0) is 12.6 Å². The number of nitro benzene ring substituents is 1. The zero-order valence-electron chi connectivity index (χ0n) is 11.4. The Morgan fingerprint density at radius 2 is 2.20 bits per heavy atom. The maximum atomic E-state index is 11.0. The van der Waals surface area contributed by atoms with E-state index in [4.69, 9.17) is 4.52 Å². The Morgan fingerprint density at radius 3 is 2.90 bits per heavy atom. The van der Waals surface area contributed by atoms with Gasteiger partial charge in [0.25, 0.3) is 5.69 Å². The summed E-state index contributed by atoms with van der Waals surface area (Å²) in [6, 6.07) is 6.35. The second kappa shape index (κ2) is 6.25. The number of aromatic nitrogens is 2. The molecule has 7 heteroatoms. The molecule has 1 aromatic carbocycles. The molecule has 0 aliphatic heterocycles. The molecule has 7 nitrogen and oxygen atoms in total. The molecule has 2 aromatic rings. The van der Waals surface area contributed by atoms with E-state index in [1.165, 1.54) is 6.07 Å². The molecule has 1 unspecified atom stereocenters. The lowest BCUT2D eigenvalue weighted by Gasteiger charge is -2.05. The van der Waals surface area contributed by atoms with Crippen LogP contribution in [0.5, 0.6) is 0 Å². The number of benzene rings is 1. The lowest BCUT2D eigenvalue weighted by atomic mass is 10.1. The van der Waals surface area contributed by atoms with Crippen LogP contribution in [0.15, 0.2) is 28.8 Å². The molecule has 20 heavy (non-hydrogen) atoms. The monoisotopic (exact) mass is 276 g/mol. The summed E-state index contributed by atoms with van der Waals surface area (Å²) in [7, 11) is 0. The summed E-state index contributed by atoms with van der Waals surface area (Å²) in [6.45, 7) is 5.54. The fraction of sp³-hybridized carbons (Fsp3) is 0.385. The van der Waals surface area contributed by atoms with Crippen LogP contribution in [-0.2, 0) is 0 Å². The topological polar surface area (TPSA) is 94.1 Å². The molecule has 1 N–H and O–H groups in total. The molecule has 0 spiro atoms. The minimum Gasteiger partial charge on any atom is -0.339 e. The zero-order chi connectivity index (χ0) is 14.5. The summed E-state index contributed by atoms with van der Waals surface area (Å²) in [6.07, 6.45) is 0. The lowest BCUT2D eigenvalue weighted by Crippen LogP contribution is -2.19. The molecule has 106 valence electrons. The zero-order valence-corrected chi connectivity index (χ0v) is 11.4. The van der Waals surface area contributed by atoms with Crippen molar-refractivity contribution in [2.75, 3.05) is 13.1 Å². The highest BCUT2D eigenvalue weighted by Gasteiger charge is 2.21. The number of likely N-dealkylation sites (N-methyl/N-ethyl adjacent to an activating group) is 1. The van der Waals surface area contributed by atoms with E-state index in [-0.39, 0.29) is 17.4 Å². The second-order valence-corrected chi connectivity index (χ2v) is 4.44. The van der Waals surface area contributed by atoms with E-state index in [2.05, 4.69) is 15.5 Å². The predicted octanol–water partition coefficient (Wildman–Crippen LogP) is 2.36. The molecular formula is C13H16N4O3. The Hall–Kier alpha value is -2.28.